The zero-order valence-corrected chi connectivity index (χ0v) is 11.2. The molecule has 0 atom stereocenters. The molecule has 5 heteroatoms. The van der Waals surface area contributed by atoms with Crippen LogP contribution >= 0.6 is 0 Å². The fourth-order valence-electron chi connectivity index (χ4n) is 2.66. The predicted octanol–water partition coefficient (Wildman–Crippen LogP) is 2.57. The number of hydrogen-bond donors (Lipinski definition) is 1. The van der Waals surface area contributed by atoms with Crippen LogP contribution < -0.4 is 0 Å². The highest BCUT2D eigenvalue weighted by atomic mass is 16.5. The molecule has 1 aliphatic carbocycles. The molecule has 0 fully saturated rings. The third-order valence-electron chi connectivity index (χ3n) is 3.50. The van der Waals surface area contributed by atoms with E-state index in [0.29, 0.717) is 5.69 Å². The van der Waals surface area contributed by atoms with Crippen LogP contribution in [-0.2, 0) is 17.7 Å². The number of hydrogen-bond acceptors (Lipinski definition) is 3. The van der Waals surface area contributed by atoms with Crippen molar-refractivity contribution in [1.82, 2.24) is 4.57 Å². The predicted molar refractivity (Wildman–Crippen MR) is 77.2 cm³/mol. The van der Waals surface area contributed by atoms with Crippen molar-refractivity contribution >= 4 is 23.6 Å². The van der Waals surface area contributed by atoms with Crippen molar-refractivity contribution in [3.8, 4) is 0 Å². The number of fused-ring (bicyclic) bond motifs is 3. The quantitative estimate of drug-likeness (QED) is 0.735. The SMILES string of the molecule is CC1=CCCc2cc3n(c21)CC(=N)N=C/C=C\OC3=O. The molecule has 1 aromatic heterocycles. The van der Waals surface area contributed by atoms with E-state index in [1.807, 2.05) is 17.6 Å². The standard InChI is InChI=1S/C15H15N3O2/c1-10-4-2-5-11-8-12-15(19)20-7-3-6-17-13(16)9-18(12)14(10)11/h3-4,6-8,16H,2,5,9H2,1H3/b7-3-,16-13?,17-6?. The minimum absolute atomic E-state index is 0.211. The number of carbonyl (C=O) groups is 1. The van der Waals surface area contributed by atoms with Crippen LogP contribution in [0.15, 0.2) is 29.5 Å². The molecule has 0 aromatic carbocycles. The summed E-state index contributed by atoms with van der Waals surface area (Å²) in [6.07, 6.45) is 8.31. The first-order valence-electron chi connectivity index (χ1n) is 6.54. The number of carbonyl (C=O) groups excluding carboxylic acids is 1. The van der Waals surface area contributed by atoms with Gasteiger partial charge in [0.1, 0.15) is 11.5 Å². The summed E-state index contributed by atoms with van der Waals surface area (Å²) in [7, 11) is 0. The molecule has 102 valence electrons. The summed E-state index contributed by atoms with van der Waals surface area (Å²) in [4.78, 5) is 16.1. The minimum atomic E-state index is -0.397. The monoisotopic (exact) mass is 269 g/mol. The highest BCUT2D eigenvalue weighted by Gasteiger charge is 2.24. The van der Waals surface area contributed by atoms with E-state index in [2.05, 4.69) is 11.1 Å². The topological polar surface area (TPSA) is 67.4 Å². The third kappa shape index (κ3) is 2.11. The van der Waals surface area contributed by atoms with Gasteiger partial charge in [-0.15, -0.1) is 0 Å². The zero-order valence-electron chi connectivity index (χ0n) is 11.2. The number of amidine groups is 1. The minimum Gasteiger partial charge on any atom is -0.430 e. The number of allylic oxidation sites excluding steroid dienone is 3. The number of cyclic esters (lactones) is 1. The van der Waals surface area contributed by atoms with Crippen LogP contribution in [0.1, 0.15) is 35.1 Å². The van der Waals surface area contributed by atoms with Gasteiger partial charge in [0, 0.05) is 11.9 Å². The van der Waals surface area contributed by atoms with Gasteiger partial charge in [-0.05, 0) is 43.0 Å². The van der Waals surface area contributed by atoms with Crippen molar-refractivity contribution in [2.75, 3.05) is 0 Å². The normalized spacial score (nSPS) is 19.8. The second-order valence-electron chi connectivity index (χ2n) is 4.87. The molecule has 0 spiro atoms. The lowest BCUT2D eigenvalue weighted by molar-refractivity contribution is 0.0652. The summed E-state index contributed by atoms with van der Waals surface area (Å²) < 4.78 is 6.91. The average molecular weight is 269 g/mol. The van der Waals surface area contributed by atoms with E-state index in [0.717, 1.165) is 29.7 Å². The maximum atomic E-state index is 12.1. The lowest BCUT2D eigenvalue weighted by atomic mass is 9.98. The molecule has 0 unspecified atom stereocenters. The van der Waals surface area contributed by atoms with E-state index in [1.165, 1.54) is 18.6 Å². The van der Waals surface area contributed by atoms with Gasteiger partial charge in [0.05, 0.1) is 12.8 Å². The second-order valence-corrected chi connectivity index (χ2v) is 4.87. The van der Waals surface area contributed by atoms with Crippen LogP contribution in [0.3, 0.4) is 0 Å². The largest absolute Gasteiger partial charge is 0.430 e. The van der Waals surface area contributed by atoms with Gasteiger partial charge in [-0.3, -0.25) is 5.41 Å². The Labute approximate surface area is 116 Å². The maximum absolute atomic E-state index is 12.1. The van der Waals surface area contributed by atoms with Gasteiger partial charge in [-0.2, -0.15) is 0 Å². The Morgan fingerprint density at radius 2 is 2.30 bits per heavy atom. The number of nitrogens with one attached hydrogen (secondary N) is 1. The van der Waals surface area contributed by atoms with Crippen LogP contribution in [0, 0.1) is 5.41 Å². The molecular formula is C15H15N3O2. The molecule has 2 aliphatic rings. The van der Waals surface area contributed by atoms with Gasteiger partial charge in [-0.1, -0.05) is 6.08 Å². The van der Waals surface area contributed by atoms with Gasteiger partial charge in [0.2, 0.25) is 0 Å². The van der Waals surface area contributed by atoms with Crippen molar-refractivity contribution in [1.29, 1.82) is 5.41 Å². The lowest BCUT2D eigenvalue weighted by Gasteiger charge is -2.16. The van der Waals surface area contributed by atoms with E-state index in [-0.39, 0.29) is 12.4 Å². The highest BCUT2D eigenvalue weighted by molar-refractivity contribution is 5.94. The van der Waals surface area contributed by atoms with Crippen LogP contribution in [0.4, 0.5) is 0 Å². The maximum Gasteiger partial charge on any atom is 0.359 e. The number of rotatable bonds is 0. The Kier molecular flexibility index (Phi) is 3.10. The summed E-state index contributed by atoms with van der Waals surface area (Å²) >= 11 is 0. The second kappa shape index (κ2) is 4.92. The van der Waals surface area contributed by atoms with E-state index < -0.39 is 5.97 Å². The number of aryl methyl sites for hydroxylation is 1. The summed E-state index contributed by atoms with van der Waals surface area (Å²) in [6.45, 7) is 2.30. The third-order valence-corrected chi connectivity index (χ3v) is 3.50. The van der Waals surface area contributed by atoms with E-state index in [4.69, 9.17) is 10.1 Å². The Morgan fingerprint density at radius 3 is 3.15 bits per heavy atom. The van der Waals surface area contributed by atoms with Gasteiger partial charge >= 0.3 is 5.97 Å². The van der Waals surface area contributed by atoms with Crippen molar-refractivity contribution in [3.63, 3.8) is 0 Å². The number of esters is 1. The van der Waals surface area contributed by atoms with Crippen molar-refractivity contribution < 1.29 is 9.53 Å². The molecule has 5 nitrogen and oxygen atoms in total. The van der Waals surface area contributed by atoms with Gasteiger partial charge in [0.15, 0.2) is 0 Å². The Hall–Kier alpha value is -2.43. The Morgan fingerprint density at radius 1 is 1.45 bits per heavy atom. The molecule has 0 saturated heterocycles. The summed E-state index contributed by atoms with van der Waals surface area (Å²) in [5.74, 6) is -0.186. The first kappa shape index (κ1) is 12.6. The molecule has 0 bridgehead atoms. The zero-order chi connectivity index (χ0) is 14.1. The first-order valence-corrected chi connectivity index (χ1v) is 6.54. The summed E-state index contributed by atoms with van der Waals surface area (Å²) in [5.41, 5.74) is 3.77. The number of aromatic nitrogens is 1. The smallest absolute Gasteiger partial charge is 0.359 e. The van der Waals surface area contributed by atoms with Crippen LogP contribution in [0.5, 0.6) is 0 Å². The Bertz CT molecular complexity index is 678. The van der Waals surface area contributed by atoms with Crippen LogP contribution in [-0.4, -0.2) is 22.6 Å². The highest BCUT2D eigenvalue weighted by Crippen LogP contribution is 2.30. The van der Waals surface area contributed by atoms with Gasteiger partial charge in [0.25, 0.3) is 0 Å². The fourth-order valence-corrected chi connectivity index (χ4v) is 2.66. The number of nitrogens with zero attached hydrogens (tertiary/aromatic N) is 2. The molecule has 0 amide bonds. The summed E-state index contributed by atoms with van der Waals surface area (Å²) in [6, 6.07) is 1.88. The van der Waals surface area contributed by atoms with Crippen molar-refractivity contribution in [3.05, 3.63) is 41.4 Å². The van der Waals surface area contributed by atoms with E-state index >= 15 is 0 Å². The molecule has 1 N–H and O–H groups in total. The molecule has 1 aromatic rings. The number of ether oxygens (including phenoxy) is 1. The molecule has 1 aliphatic heterocycles. The number of aliphatic imine (C=N–C) groups is 1. The summed E-state index contributed by atoms with van der Waals surface area (Å²) in [5, 5.41) is 7.89. The molecule has 2 heterocycles. The van der Waals surface area contributed by atoms with E-state index in [9.17, 15) is 4.79 Å². The van der Waals surface area contributed by atoms with E-state index in [1.54, 1.807) is 0 Å². The average Bonchev–Trinajstić information content (AvgIpc) is 2.78. The molecule has 3 rings (SSSR count). The van der Waals surface area contributed by atoms with Gasteiger partial charge < -0.3 is 9.30 Å². The first-order chi connectivity index (χ1) is 9.66. The fraction of sp³-hybridized carbons (Fsp3) is 0.267. The van der Waals surface area contributed by atoms with Crippen molar-refractivity contribution in [2.24, 2.45) is 4.99 Å². The lowest BCUT2D eigenvalue weighted by Crippen LogP contribution is -2.17. The molecule has 0 saturated carbocycles. The van der Waals surface area contributed by atoms with Crippen molar-refractivity contribution in [2.45, 2.75) is 26.3 Å². The molecular weight excluding hydrogens is 254 g/mol. The Balaban J connectivity index is 2.16. The molecule has 20 heavy (non-hydrogen) atoms. The van der Waals surface area contributed by atoms with Crippen LogP contribution in [0.25, 0.3) is 5.57 Å². The molecule has 0 radical (unpaired) electrons. The van der Waals surface area contributed by atoms with Gasteiger partial charge in [-0.25, -0.2) is 9.79 Å². The van der Waals surface area contributed by atoms with Crippen LogP contribution in [0.2, 0.25) is 0 Å².